The van der Waals surface area contributed by atoms with E-state index in [2.05, 4.69) is 13.0 Å². The number of anilines is 2. The summed E-state index contributed by atoms with van der Waals surface area (Å²) >= 11 is 0. The number of nitrogens with zero attached hydrogens (tertiary/aromatic N) is 1. The molecule has 0 unspecified atom stereocenters. The van der Waals surface area contributed by atoms with Crippen LogP contribution in [0, 0.1) is 0 Å². The van der Waals surface area contributed by atoms with Gasteiger partial charge in [0.1, 0.15) is 5.69 Å². The summed E-state index contributed by atoms with van der Waals surface area (Å²) in [5.74, 6) is 0. The van der Waals surface area contributed by atoms with Gasteiger partial charge in [-0.3, -0.25) is 9.59 Å². The molecule has 0 saturated carbocycles. The van der Waals surface area contributed by atoms with Crippen molar-refractivity contribution in [1.29, 1.82) is 0 Å². The van der Waals surface area contributed by atoms with E-state index >= 15 is 0 Å². The summed E-state index contributed by atoms with van der Waals surface area (Å²) in [4.78, 5) is 26.4. The second kappa shape index (κ2) is 4.67. The molecule has 0 N–H and O–H groups in total. The Morgan fingerprint density at radius 2 is 1.59 bits per heavy atom. The second-order valence-corrected chi connectivity index (χ2v) is 5.80. The van der Waals surface area contributed by atoms with Gasteiger partial charge in [-0.15, -0.1) is 0 Å². The third-order valence-corrected chi connectivity index (χ3v) is 4.40. The zero-order valence-corrected chi connectivity index (χ0v) is 12.2. The van der Waals surface area contributed by atoms with E-state index in [9.17, 15) is 9.59 Å². The van der Waals surface area contributed by atoms with E-state index in [1.807, 2.05) is 53.4 Å². The molecule has 1 atom stereocenters. The van der Waals surface area contributed by atoms with Crippen LogP contribution >= 0.6 is 0 Å². The highest BCUT2D eigenvalue weighted by atomic mass is 16.2. The highest BCUT2D eigenvalue weighted by molar-refractivity contribution is 5.87. The zero-order valence-electron chi connectivity index (χ0n) is 12.2. The molecule has 0 aromatic heterocycles. The summed E-state index contributed by atoms with van der Waals surface area (Å²) in [6.45, 7) is 2.09. The molecule has 0 radical (unpaired) electrons. The minimum atomic E-state index is -0.377. The van der Waals surface area contributed by atoms with E-state index < -0.39 is 0 Å². The molecule has 3 nitrogen and oxygen atoms in total. The molecule has 0 spiro atoms. The van der Waals surface area contributed by atoms with Gasteiger partial charge in [0.2, 0.25) is 5.43 Å². The third kappa shape index (κ3) is 1.69. The number of hydrogen-bond acceptors (Lipinski definition) is 3. The van der Waals surface area contributed by atoms with Gasteiger partial charge < -0.3 is 4.90 Å². The van der Waals surface area contributed by atoms with Crippen molar-refractivity contribution in [1.82, 2.24) is 0 Å². The van der Waals surface area contributed by atoms with Crippen LogP contribution in [0.3, 0.4) is 0 Å². The van der Waals surface area contributed by atoms with Crippen LogP contribution < -0.4 is 15.8 Å². The Hall–Kier alpha value is -2.68. The molecule has 1 heterocycles. The fraction of sp³-hybridized carbons (Fsp3) is 0.158. The van der Waals surface area contributed by atoms with Crippen molar-refractivity contribution in [2.24, 2.45) is 0 Å². The molecular weight excluding hydrogens is 274 g/mol. The summed E-state index contributed by atoms with van der Waals surface area (Å²) < 4.78 is 0. The number of benzene rings is 2. The quantitative estimate of drug-likeness (QED) is 0.681. The first-order valence-electron chi connectivity index (χ1n) is 7.44. The normalized spacial score (nSPS) is 17.0. The fourth-order valence-electron chi connectivity index (χ4n) is 3.39. The molecule has 0 fully saturated rings. The van der Waals surface area contributed by atoms with E-state index in [0.717, 1.165) is 17.7 Å². The lowest BCUT2D eigenvalue weighted by Crippen LogP contribution is -2.42. The van der Waals surface area contributed by atoms with Crippen LogP contribution in [-0.2, 0) is 6.42 Å². The van der Waals surface area contributed by atoms with Gasteiger partial charge in [-0.05, 0) is 30.5 Å². The van der Waals surface area contributed by atoms with Gasteiger partial charge in [-0.1, -0.05) is 48.5 Å². The third-order valence-electron chi connectivity index (χ3n) is 4.40. The standard InChI is InChI=1S/C19H15NO2/c1-12-11-14-9-5-6-10-15(14)20(12)17-16(18(21)19(17)22)13-7-3-2-4-8-13/h2-10,12H,11H2,1H3/t12-/m1/s1. The van der Waals surface area contributed by atoms with Gasteiger partial charge in [-0.2, -0.15) is 0 Å². The molecule has 1 aliphatic rings. The number of para-hydroxylation sites is 1. The Balaban J connectivity index is 1.91. The second-order valence-electron chi connectivity index (χ2n) is 5.80. The Morgan fingerprint density at radius 1 is 0.909 bits per heavy atom. The lowest BCUT2D eigenvalue weighted by Gasteiger charge is -2.28. The van der Waals surface area contributed by atoms with Crippen LogP contribution in [0.25, 0.3) is 11.1 Å². The molecule has 0 amide bonds. The molecule has 0 aliphatic carbocycles. The maximum atomic E-state index is 12.2. The summed E-state index contributed by atoms with van der Waals surface area (Å²) in [5.41, 5.74) is 3.43. The first kappa shape index (κ1) is 13.0. The largest absolute Gasteiger partial charge is 0.334 e. The van der Waals surface area contributed by atoms with Crippen molar-refractivity contribution in [3.8, 4) is 11.1 Å². The SMILES string of the molecule is C[C@@H]1Cc2ccccc2N1c1c(-c2ccccc2)c(=O)c1=O. The van der Waals surface area contributed by atoms with Crippen LogP contribution in [0.15, 0.2) is 64.2 Å². The maximum absolute atomic E-state index is 12.2. The van der Waals surface area contributed by atoms with E-state index in [-0.39, 0.29) is 16.9 Å². The minimum absolute atomic E-state index is 0.183. The van der Waals surface area contributed by atoms with Crippen LogP contribution in [0.1, 0.15) is 12.5 Å². The van der Waals surface area contributed by atoms with Gasteiger partial charge in [0, 0.05) is 11.7 Å². The van der Waals surface area contributed by atoms with Crippen LogP contribution in [-0.4, -0.2) is 6.04 Å². The van der Waals surface area contributed by atoms with Gasteiger partial charge in [0.15, 0.2) is 0 Å². The van der Waals surface area contributed by atoms with Crippen molar-refractivity contribution in [2.75, 3.05) is 4.90 Å². The highest BCUT2D eigenvalue weighted by Gasteiger charge is 2.34. The number of rotatable bonds is 2. The topological polar surface area (TPSA) is 37.4 Å². The molecule has 3 heteroatoms. The monoisotopic (exact) mass is 289 g/mol. The maximum Gasteiger partial charge on any atom is 0.250 e. The summed E-state index contributed by atoms with van der Waals surface area (Å²) in [6.07, 6.45) is 0.892. The summed E-state index contributed by atoms with van der Waals surface area (Å²) in [7, 11) is 0. The van der Waals surface area contributed by atoms with Crippen molar-refractivity contribution in [3.05, 3.63) is 80.6 Å². The Kier molecular flexibility index (Phi) is 2.76. The summed E-state index contributed by atoms with van der Waals surface area (Å²) in [6, 6.07) is 17.7. The van der Waals surface area contributed by atoms with Gasteiger partial charge in [-0.25, -0.2) is 0 Å². The molecule has 0 saturated heterocycles. The van der Waals surface area contributed by atoms with Gasteiger partial charge in [0.25, 0.3) is 5.43 Å². The smallest absolute Gasteiger partial charge is 0.250 e. The lowest BCUT2D eigenvalue weighted by molar-refractivity contribution is 0.755. The molecule has 4 rings (SSSR count). The van der Waals surface area contributed by atoms with E-state index in [0.29, 0.717) is 11.3 Å². The molecule has 3 aromatic rings. The van der Waals surface area contributed by atoms with Crippen molar-refractivity contribution >= 4 is 11.4 Å². The van der Waals surface area contributed by atoms with Gasteiger partial charge in [0.05, 0.1) is 5.56 Å². The average molecular weight is 289 g/mol. The Morgan fingerprint density at radius 3 is 2.36 bits per heavy atom. The van der Waals surface area contributed by atoms with Crippen LogP contribution in [0.5, 0.6) is 0 Å². The van der Waals surface area contributed by atoms with E-state index in [1.54, 1.807) is 0 Å². The predicted octanol–water partition coefficient (Wildman–Crippen LogP) is 3.03. The zero-order chi connectivity index (χ0) is 15.3. The summed E-state index contributed by atoms with van der Waals surface area (Å²) in [5, 5.41) is 0. The van der Waals surface area contributed by atoms with Crippen LogP contribution in [0.4, 0.5) is 11.4 Å². The molecular formula is C19H15NO2. The average Bonchev–Trinajstić information content (AvgIpc) is 2.88. The Bertz CT molecular complexity index is 920. The molecule has 22 heavy (non-hydrogen) atoms. The lowest BCUT2D eigenvalue weighted by atomic mass is 9.97. The van der Waals surface area contributed by atoms with Crippen molar-refractivity contribution < 1.29 is 0 Å². The van der Waals surface area contributed by atoms with Crippen molar-refractivity contribution in [2.45, 2.75) is 19.4 Å². The minimum Gasteiger partial charge on any atom is -0.334 e. The predicted molar refractivity (Wildman–Crippen MR) is 88.5 cm³/mol. The molecule has 3 aromatic carbocycles. The van der Waals surface area contributed by atoms with Crippen molar-refractivity contribution in [3.63, 3.8) is 0 Å². The first-order chi connectivity index (χ1) is 10.7. The molecule has 108 valence electrons. The fourth-order valence-corrected chi connectivity index (χ4v) is 3.39. The molecule has 1 aliphatic heterocycles. The molecule has 0 bridgehead atoms. The highest BCUT2D eigenvalue weighted by Crippen LogP contribution is 2.40. The van der Waals surface area contributed by atoms with E-state index in [1.165, 1.54) is 5.56 Å². The van der Waals surface area contributed by atoms with E-state index in [4.69, 9.17) is 0 Å². The van der Waals surface area contributed by atoms with Crippen LogP contribution in [0.2, 0.25) is 0 Å². The van der Waals surface area contributed by atoms with Gasteiger partial charge >= 0.3 is 0 Å². The Labute approximate surface area is 128 Å². The number of fused-ring (bicyclic) bond motifs is 1. The first-order valence-corrected chi connectivity index (χ1v) is 7.44. The number of hydrogen-bond donors (Lipinski definition) is 0.